The normalized spacial score (nSPS) is 12.3. The molecule has 1 aromatic carbocycles. The van der Waals surface area contributed by atoms with Crippen LogP contribution in [0.4, 0.5) is 5.69 Å². The predicted octanol–water partition coefficient (Wildman–Crippen LogP) is 3.12. The summed E-state index contributed by atoms with van der Waals surface area (Å²) in [4.78, 5) is 10.3. The minimum Gasteiger partial charge on any atom is -0.346 e. The Bertz CT molecular complexity index is 575. The van der Waals surface area contributed by atoms with Gasteiger partial charge in [0.2, 0.25) is 0 Å². The van der Waals surface area contributed by atoms with Crippen molar-refractivity contribution in [1.82, 2.24) is 9.88 Å². The lowest BCUT2D eigenvalue weighted by Crippen LogP contribution is -2.20. The minimum atomic E-state index is -0.377. The van der Waals surface area contributed by atoms with Gasteiger partial charge in [-0.05, 0) is 31.2 Å². The molecule has 0 aliphatic heterocycles. The van der Waals surface area contributed by atoms with E-state index in [9.17, 15) is 10.1 Å². The zero-order valence-corrected chi connectivity index (χ0v) is 11.7. The van der Waals surface area contributed by atoms with Gasteiger partial charge in [-0.3, -0.25) is 10.1 Å². The Morgan fingerprint density at radius 2 is 2.00 bits per heavy atom. The van der Waals surface area contributed by atoms with E-state index in [4.69, 9.17) is 0 Å². The summed E-state index contributed by atoms with van der Waals surface area (Å²) in [6.45, 7) is 5.85. The van der Waals surface area contributed by atoms with Crippen molar-refractivity contribution in [2.75, 3.05) is 6.54 Å². The summed E-state index contributed by atoms with van der Waals surface area (Å²) in [5.74, 6) is 0. The van der Waals surface area contributed by atoms with Gasteiger partial charge in [0.15, 0.2) is 0 Å². The maximum Gasteiger partial charge on any atom is 0.269 e. The average Bonchev–Trinajstić information content (AvgIpc) is 2.88. The Balaban J connectivity index is 2.14. The molecule has 106 valence electrons. The van der Waals surface area contributed by atoms with Crippen LogP contribution < -0.4 is 5.32 Å². The summed E-state index contributed by atoms with van der Waals surface area (Å²) in [7, 11) is 0. The van der Waals surface area contributed by atoms with Crippen molar-refractivity contribution in [3.63, 3.8) is 0 Å². The van der Waals surface area contributed by atoms with Crippen LogP contribution >= 0.6 is 0 Å². The van der Waals surface area contributed by atoms with Gasteiger partial charge in [0.05, 0.1) is 4.92 Å². The third kappa shape index (κ3) is 3.24. The Morgan fingerprint density at radius 1 is 1.30 bits per heavy atom. The first-order chi connectivity index (χ1) is 9.61. The van der Waals surface area contributed by atoms with E-state index in [0.717, 1.165) is 18.7 Å². The summed E-state index contributed by atoms with van der Waals surface area (Å²) in [5, 5.41) is 14.0. The molecule has 1 atom stereocenters. The molecule has 0 bridgehead atoms. The van der Waals surface area contributed by atoms with Crippen LogP contribution in [0.1, 0.15) is 31.1 Å². The van der Waals surface area contributed by atoms with Gasteiger partial charge in [0.25, 0.3) is 5.69 Å². The number of hydrogen-bond donors (Lipinski definition) is 1. The van der Waals surface area contributed by atoms with Crippen LogP contribution in [0.2, 0.25) is 0 Å². The molecule has 2 rings (SSSR count). The molecule has 1 N–H and O–H groups in total. The highest BCUT2D eigenvalue weighted by Gasteiger charge is 2.10. The second-order valence-electron chi connectivity index (χ2n) is 4.76. The zero-order chi connectivity index (χ0) is 14.5. The molecule has 1 heterocycles. The second-order valence-corrected chi connectivity index (χ2v) is 4.76. The van der Waals surface area contributed by atoms with Crippen molar-refractivity contribution in [3.8, 4) is 0 Å². The standard InChI is InChI=1S/C15H19N3O2/c1-3-16-12(2)15-5-4-10-17(15)11-13-6-8-14(9-7-13)18(19)20/h4-10,12,16H,3,11H2,1-2H3. The molecule has 0 fully saturated rings. The van der Waals surface area contributed by atoms with Crippen molar-refractivity contribution in [2.45, 2.75) is 26.4 Å². The average molecular weight is 273 g/mol. The van der Waals surface area contributed by atoms with Gasteiger partial charge in [0.1, 0.15) is 0 Å². The smallest absolute Gasteiger partial charge is 0.269 e. The Morgan fingerprint density at radius 3 is 2.60 bits per heavy atom. The van der Waals surface area contributed by atoms with Crippen LogP contribution in [0.5, 0.6) is 0 Å². The molecule has 0 aliphatic carbocycles. The maximum atomic E-state index is 10.6. The Labute approximate surface area is 118 Å². The number of nitro benzene ring substituents is 1. The zero-order valence-electron chi connectivity index (χ0n) is 11.7. The largest absolute Gasteiger partial charge is 0.346 e. The number of non-ortho nitro benzene ring substituents is 1. The number of nitrogens with one attached hydrogen (secondary N) is 1. The third-order valence-electron chi connectivity index (χ3n) is 3.32. The molecule has 1 unspecified atom stereocenters. The molecule has 5 heteroatoms. The lowest BCUT2D eigenvalue weighted by Gasteiger charge is -2.16. The fraction of sp³-hybridized carbons (Fsp3) is 0.333. The third-order valence-corrected chi connectivity index (χ3v) is 3.32. The molecule has 0 aliphatic rings. The topological polar surface area (TPSA) is 60.1 Å². The second kappa shape index (κ2) is 6.34. The van der Waals surface area contributed by atoms with Crippen molar-refractivity contribution < 1.29 is 4.92 Å². The predicted molar refractivity (Wildman–Crippen MR) is 78.7 cm³/mol. The highest BCUT2D eigenvalue weighted by atomic mass is 16.6. The molecule has 2 aromatic rings. The van der Waals surface area contributed by atoms with E-state index in [1.807, 2.05) is 12.3 Å². The van der Waals surface area contributed by atoms with E-state index >= 15 is 0 Å². The highest BCUT2D eigenvalue weighted by molar-refractivity contribution is 5.33. The van der Waals surface area contributed by atoms with Gasteiger partial charge in [-0.15, -0.1) is 0 Å². The van der Waals surface area contributed by atoms with Gasteiger partial charge < -0.3 is 9.88 Å². The molecule has 5 nitrogen and oxygen atoms in total. The first-order valence-electron chi connectivity index (χ1n) is 6.73. The van der Waals surface area contributed by atoms with E-state index < -0.39 is 0 Å². The fourth-order valence-electron chi connectivity index (χ4n) is 2.29. The number of rotatable bonds is 6. The van der Waals surface area contributed by atoms with Gasteiger partial charge in [-0.25, -0.2) is 0 Å². The van der Waals surface area contributed by atoms with Crippen molar-refractivity contribution >= 4 is 5.69 Å². The van der Waals surface area contributed by atoms with Crippen LogP contribution in [0.25, 0.3) is 0 Å². The lowest BCUT2D eigenvalue weighted by molar-refractivity contribution is -0.384. The van der Waals surface area contributed by atoms with Crippen LogP contribution in [0, 0.1) is 10.1 Å². The number of nitro groups is 1. The number of nitrogens with zero attached hydrogens (tertiary/aromatic N) is 2. The van der Waals surface area contributed by atoms with Crippen molar-refractivity contribution in [1.29, 1.82) is 0 Å². The lowest BCUT2D eigenvalue weighted by atomic mass is 10.2. The highest BCUT2D eigenvalue weighted by Crippen LogP contribution is 2.17. The summed E-state index contributed by atoms with van der Waals surface area (Å²) in [5.41, 5.74) is 2.39. The molecule has 1 aromatic heterocycles. The van der Waals surface area contributed by atoms with Crippen LogP contribution in [-0.2, 0) is 6.54 Å². The fourth-order valence-corrected chi connectivity index (χ4v) is 2.29. The van der Waals surface area contributed by atoms with Gasteiger partial charge in [-0.1, -0.05) is 19.1 Å². The van der Waals surface area contributed by atoms with E-state index in [1.54, 1.807) is 24.3 Å². The number of hydrogen-bond acceptors (Lipinski definition) is 3. The minimum absolute atomic E-state index is 0.127. The van der Waals surface area contributed by atoms with Crippen LogP contribution in [-0.4, -0.2) is 16.0 Å². The summed E-state index contributed by atoms with van der Waals surface area (Å²) in [6.07, 6.45) is 2.03. The summed E-state index contributed by atoms with van der Waals surface area (Å²) < 4.78 is 2.16. The van der Waals surface area contributed by atoms with E-state index in [-0.39, 0.29) is 16.7 Å². The molecule has 0 amide bonds. The van der Waals surface area contributed by atoms with Crippen molar-refractivity contribution in [2.24, 2.45) is 0 Å². The number of aromatic nitrogens is 1. The van der Waals surface area contributed by atoms with E-state index in [1.165, 1.54) is 5.69 Å². The Hall–Kier alpha value is -2.14. The first-order valence-corrected chi connectivity index (χ1v) is 6.73. The molecule has 20 heavy (non-hydrogen) atoms. The molecular formula is C15H19N3O2. The molecular weight excluding hydrogens is 254 g/mol. The molecule has 0 radical (unpaired) electrons. The Kier molecular flexibility index (Phi) is 4.53. The van der Waals surface area contributed by atoms with Crippen molar-refractivity contribution in [3.05, 3.63) is 64.0 Å². The molecule has 0 saturated heterocycles. The molecule has 0 saturated carbocycles. The van der Waals surface area contributed by atoms with Gasteiger partial charge in [0, 0.05) is 36.6 Å². The summed E-state index contributed by atoms with van der Waals surface area (Å²) in [6, 6.07) is 11.1. The summed E-state index contributed by atoms with van der Waals surface area (Å²) >= 11 is 0. The maximum absolute atomic E-state index is 10.6. The monoisotopic (exact) mass is 273 g/mol. The van der Waals surface area contributed by atoms with E-state index in [2.05, 4.69) is 29.8 Å². The number of benzene rings is 1. The first kappa shape index (κ1) is 14.3. The molecule has 0 spiro atoms. The van der Waals surface area contributed by atoms with E-state index in [0.29, 0.717) is 0 Å². The van der Waals surface area contributed by atoms with Crippen LogP contribution in [0.3, 0.4) is 0 Å². The van der Waals surface area contributed by atoms with Gasteiger partial charge in [-0.2, -0.15) is 0 Å². The quantitative estimate of drug-likeness (QED) is 0.650. The van der Waals surface area contributed by atoms with Gasteiger partial charge >= 0.3 is 0 Å². The van der Waals surface area contributed by atoms with Crippen LogP contribution in [0.15, 0.2) is 42.6 Å². The SMILES string of the molecule is CCNC(C)c1cccn1Cc1ccc([N+](=O)[O-])cc1.